The Morgan fingerprint density at radius 3 is 2.43 bits per heavy atom. The normalized spacial score (nSPS) is 10.7. The summed E-state index contributed by atoms with van der Waals surface area (Å²) in [4.78, 5) is 3.15. The number of hydrogen-bond acceptors (Lipinski definition) is 1. The van der Waals surface area contributed by atoms with Crippen molar-refractivity contribution in [3.05, 3.63) is 24.7 Å². The van der Waals surface area contributed by atoms with Gasteiger partial charge in [0, 0.05) is 0 Å². The van der Waals surface area contributed by atoms with E-state index in [1.165, 1.54) is 0 Å². The Labute approximate surface area is 41.9 Å². The highest BCUT2D eigenvalue weighted by molar-refractivity contribution is 5.26. The Morgan fingerprint density at radius 2 is 2.29 bits per heavy atom. The minimum atomic E-state index is -0.463. The fourth-order valence-electron chi connectivity index (χ4n) is 0.140. The first kappa shape index (κ1) is 6.08. The van der Waals surface area contributed by atoms with Crippen molar-refractivity contribution in [1.29, 1.82) is 0 Å². The fraction of sp³-hybridized carbons (Fsp3) is 0. The average molecular weight is 99.1 g/mol. The second-order valence-corrected chi connectivity index (χ2v) is 0.901. The van der Waals surface area contributed by atoms with Gasteiger partial charge in [-0.05, 0) is 12.8 Å². The number of rotatable bonds is 2. The van der Waals surface area contributed by atoms with Gasteiger partial charge in [0.05, 0.1) is 6.20 Å². The van der Waals surface area contributed by atoms with Gasteiger partial charge >= 0.3 is 0 Å². The van der Waals surface area contributed by atoms with Gasteiger partial charge in [0.15, 0.2) is 0 Å². The van der Waals surface area contributed by atoms with Crippen LogP contribution in [0.1, 0.15) is 0 Å². The topological polar surface area (TPSA) is 12.4 Å². The van der Waals surface area contributed by atoms with Crippen LogP contribution in [0.15, 0.2) is 29.7 Å². The van der Waals surface area contributed by atoms with Gasteiger partial charge in [0.25, 0.3) is 0 Å². The fourth-order valence-corrected chi connectivity index (χ4v) is 0.140. The van der Waals surface area contributed by atoms with Crippen molar-refractivity contribution in [1.82, 2.24) is 0 Å². The molecule has 0 aliphatic carbocycles. The zero-order chi connectivity index (χ0) is 5.70. The van der Waals surface area contributed by atoms with Crippen molar-refractivity contribution in [2.24, 2.45) is 4.99 Å². The van der Waals surface area contributed by atoms with Crippen LogP contribution in [0.4, 0.5) is 4.39 Å². The van der Waals surface area contributed by atoms with E-state index in [0.717, 1.165) is 12.3 Å². The molecule has 0 heterocycles. The van der Waals surface area contributed by atoms with Crippen LogP contribution < -0.4 is 0 Å². The molecule has 0 rings (SSSR count). The summed E-state index contributed by atoms with van der Waals surface area (Å²) in [6, 6.07) is 0. The minimum Gasteiger partial charge on any atom is -0.269 e. The summed E-state index contributed by atoms with van der Waals surface area (Å²) < 4.78 is 11.7. The number of hydrogen-bond donors (Lipinski definition) is 0. The van der Waals surface area contributed by atoms with Gasteiger partial charge in [-0.2, -0.15) is 0 Å². The van der Waals surface area contributed by atoms with Gasteiger partial charge < -0.3 is 0 Å². The zero-order valence-corrected chi connectivity index (χ0v) is 3.89. The molecule has 0 radical (unpaired) electrons. The van der Waals surface area contributed by atoms with Crippen molar-refractivity contribution >= 4 is 6.72 Å². The van der Waals surface area contributed by atoms with E-state index in [1.54, 1.807) is 0 Å². The number of aliphatic imine (C=N–C) groups is 1. The first-order chi connectivity index (χ1) is 3.31. The molecule has 0 aromatic carbocycles. The maximum absolute atomic E-state index is 11.7. The third-order valence-corrected chi connectivity index (χ3v) is 0.410. The van der Waals surface area contributed by atoms with Crippen molar-refractivity contribution in [3.8, 4) is 0 Å². The third kappa shape index (κ3) is 2.89. The van der Waals surface area contributed by atoms with Crippen molar-refractivity contribution < 1.29 is 4.39 Å². The molecule has 0 amide bonds. The Balaban J connectivity index is 3.72. The first-order valence-electron chi connectivity index (χ1n) is 1.75. The smallest absolute Gasteiger partial charge is 0.140 e. The maximum atomic E-state index is 11.7. The summed E-state index contributed by atoms with van der Waals surface area (Å²) >= 11 is 0. The van der Waals surface area contributed by atoms with Crippen LogP contribution in [0.25, 0.3) is 0 Å². The molecule has 0 fully saturated rings. The molecular weight excluding hydrogens is 93.1 g/mol. The van der Waals surface area contributed by atoms with Crippen molar-refractivity contribution in [2.75, 3.05) is 0 Å². The molecule has 0 saturated heterocycles. The SMILES string of the molecule is C=CC(F)=CN=C. The van der Waals surface area contributed by atoms with E-state index >= 15 is 0 Å². The lowest BCUT2D eigenvalue weighted by Gasteiger charge is -1.74. The van der Waals surface area contributed by atoms with Crippen LogP contribution in [0, 0.1) is 0 Å². The first-order valence-corrected chi connectivity index (χ1v) is 1.75. The quantitative estimate of drug-likeness (QED) is 0.369. The molecule has 0 bridgehead atoms. The maximum Gasteiger partial charge on any atom is 0.140 e. The molecule has 0 aromatic heterocycles. The molecule has 0 aliphatic rings. The number of nitrogens with zero attached hydrogens (tertiary/aromatic N) is 1. The largest absolute Gasteiger partial charge is 0.269 e. The molecule has 0 spiro atoms. The lowest BCUT2D eigenvalue weighted by Crippen LogP contribution is -1.56. The summed E-state index contributed by atoms with van der Waals surface area (Å²) in [5, 5.41) is 0. The van der Waals surface area contributed by atoms with Gasteiger partial charge in [0.2, 0.25) is 0 Å². The molecule has 0 aromatic rings. The monoisotopic (exact) mass is 99.0 g/mol. The summed E-state index contributed by atoms with van der Waals surface area (Å²) in [6.45, 7) is 6.18. The molecule has 0 aliphatic heterocycles. The van der Waals surface area contributed by atoms with E-state index in [4.69, 9.17) is 0 Å². The molecule has 0 unspecified atom stereocenters. The van der Waals surface area contributed by atoms with E-state index in [-0.39, 0.29) is 0 Å². The van der Waals surface area contributed by atoms with E-state index in [0.29, 0.717) is 0 Å². The summed E-state index contributed by atoms with van der Waals surface area (Å²) in [6.07, 6.45) is 2.06. The highest BCUT2D eigenvalue weighted by Gasteiger charge is 1.76. The number of halogens is 1. The lowest BCUT2D eigenvalue weighted by atomic mass is 10.6. The van der Waals surface area contributed by atoms with Crippen LogP contribution in [-0.4, -0.2) is 6.72 Å². The molecule has 2 heteroatoms. The standard InChI is InChI=1S/C5H6FN/c1-3-5(6)4-7-2/h3-4H,1-2H2. The predicted molar refractivity (Wildman–Crippen MR) is 28.9 cm³/mol. The van der Waals surface area contributed by atoms with Gasteiger partial charge in [-0.3, -0.25) is 4.99 Å². The van der Waals surface area contributed by atoms with Crippen molar-refractivity contribution in [2.45, 2.75) is 0 Å². The Kier molecular flexibility index (Phi) is 2.85. The van der Waals surface area contributed by atoms with Crippen LogP contribution in [-0.2, 0) is 0 Å². The minimum absolute atomic E-state index is 0.463. The van der Waals surface area contributed by atoms with Crippen molar-refractivity contribution in [3.63, 3.8) is 0 Å². The molecule has 0 N–H and O–H groups in total. The van der Waals surface area contributed by atoms with Gasteiger partial charge in [-0.25, -0.2) is 4.39 Å². The van der Waals surface area contributed by atoms with Crippen LogP contribution in [0.2, 0.25) is 0 Å². The second-order valence-electron chi connectivity index (χ2n) is 0.901. The zero-order valence-electron chi connectivity index (χ0n) is 3.89. The van der Waals surface area contributed by atoms with E-state index in [2.05, 4.69) is 18.3 Å². The Hall–Kier alpha value is -0.920. The van der Waals surface area contributed by atoms with Gasteiger partial charge in [-0.15, -0.1) is 0 Å². The predicted octanol–water partition coefficient (Wildman–Crippen LogP) is 1.68. The van der Waals surface area contributed by atoms with E-state index in [9.17, 15) is 4.39 Å². The Morgan fingerprint density at radius 1 is 1.71 bits per heavy atom. The van der Waals surface area contributed by atoms with Crippen LogP contribution >= 0.6 is 0 Å². The Bertz CT molecular complexity index is 105. The lowest BCUT2D eigenvalue weighted by molar-refractivity contribution is 0.664. The molecule has 38 valence electrons. The average Bonchev–Trinajstić information content (AvgIpc) is 1.68. The van der Waals surface area contributed by atoms with E-state index in [1.807, 2.05) is 0 Å². The summed E-state index contributed by atoms with van der Waals surface area (Å²) in [5.74, 6) is -0.463. The third-order valence-electron chi connectivity index (χ3n) is 0.410. The molecular formula is C5H6FN. The van der Waals surface area contributed by atoms with Crippen LogP contribution in [0.3, 0.4) is 0 Å². The summed E-state index contributed by atoms with van der Waals surface area (Å²) in [7, 11) is 0. The summed E-state index contributed by atoms with van der Waals surface area (Å²) in [5.41, 5.74) is 0. The van der Waals surface area contributed by atoms with E-state index < -0.39 is 5.83 Å². The number of allylic oxidation sites excluding steroid dienone is 2. The van der Waals surface area contributed by atoms with Gasteiger partial charge in [0.1, 0.15) is 5.83 Å². The molecule has 0 atom stereocenters. The highest BCUT2D eigenvalue weighted by Crippen LogP contribution is 1.93. The molecule has 1 nitrogen and oxygen atoms in total. The molecule has 0 saturated carbocycles. The van der Waals surface area contributed by atoms with Crippen LogP contribution in [0.5, 0.6) is 0 Å². The second kappa shape index (κ2) is 3.28. The molecule has 7 heavy (non-hydrogen) atoms. The highest BCUT2D eigenvalue weighted by atomic mass is 19.1. The van der Waals surface area contributed by atoms with Gasteiger partial charge in [-0.1, -0.05) is 6.58 Å².